The van der Waals surface area contributed by atoms with Gasteiger partial charge in [-0.25, -0.2) is 4.68 Å². The third kappa shape index (κ3) is 2.77. The second-order valence-corrected chi connectivity index (χ2v) is 3.74. The van der Waals surface area contributed by atoms with E-state index in [9.17, 15) is 0 Å². The predicted octanol–water partition coefficient (Wildman–Crippen LogP) is 1.45. The molecule has 6 heteroatoms. The number of pyridine rings is 1. The first-order valence-electron chi connectivity index (χ1n) is 5.62. The standard InChI is InChI=1S/C11H15N5O/c1-3-4-5-17-10-6-9(7-12-8-10)11-13-14-15-16(11)2/h6-8H,3-5H2,1-2H3. The quantitative estimate of drug-likeness (QED) is 0.731. The average molecular weight is 233 g/mol. The minimum absolute atomic E-state index is 0.679. The molecule has 0 fully saturated rings. The smallest absolute Gasteiger partial charge is 0.183 e. The summed E-state index contributed by atoms with van der Waals surface area (Å²) in [6, 6.07) is 1.90. The van der Waals surface area contributed by atoms with Gasteiger partial charge in [0.15, 0.2) is 5.82 Å². The third-order valence-corrected chi connectivity index (χ3v) is 2.36. The Kier molecular flexibility index (Phi) is 3.64. The Morgan fingerprint density at radius 1 is 1.35 bits per heavy atom. The molecular weight excluding hydrogens is 218 g/mol. The van der Waals surface area contributed by atoms with E-state index in [1.807, 2.05) is 6.07 Å². The first-order valence-corrected chi connectivity index (χ1v) is 5.62. The van der Waals surface area contributed by atoms with E-state index in [1.165, 1.54) is 0 Å². The molecule has 0 unspecified atom stereocenters. The minimum Gasteiger partial charge on any atom is -0.492 e. The molecule has 0 radical (unpaired) electrons. The highest BCUT2D eigenvalue weighted by atomic mass is 16.5. The fourth-order valence-electron chi connectivity index (χ4n) is 1.43. The highest BCUT2D eigenvalue weighted by Crippen LogP contribution is 2.19. The molecule has 0 aromatic carbocycles. The van der Waals surface area contributed by atoms with E-state index in [0.29, 0.717) is 12.4 Å². The lowest BCUT2D eigenvalue weighted by atomic mass is 10.2. The molecule has 0 amide bonds. The second kappa shape index (κ2) is 5.38. The molecule has 17 heavy (non-hydrogen) atoms. The van der Waals surface area contributed by atoms with Crippen molar-refractivity contribution in [2.24, 2.45) is 7.05 Å². The van der Waals surface area contributed by atoms with Crippen LogP contribution in [0.15, 0.2) is 18.5 Å². The van der Waals surface area contributed by atoms with E-state index in [4.69, 9.17) is 4.74 Å². The topological polar surface area (TPSA) is 65.7 Å². The van der Waals surface area contributed by atoms with Crippen LogP contribution in [0.2, 0.25) is 0 Å². The van der Waals surface area contributed by atoms with Gasteiger partial charge in [-0.1, -0.05) is 13.3 Å². The van der Waals surface area contributed by atoms with E-state index in [0.717, 1.165) is 24.2 Å². The van der Waals surface area contributed by atoms with Crippen LogP contribution in [0, 0.1) is 0 Å². The molecule has 2 rings (SSSR count). The lowest BCUT2D eigenvalue weighted by Crippen LogP contribution is -1.99. The molecule has 6 nitrogen and oxygen atoms in total. The fraction of sp³-hybridized carbons (Fsp3) is 0.455. The maximum Gasteiger partial charge on any atom is 0.183 e. The Morgan fingerprint density at radius 3 is 2.94 bits per heavy atom. The fourth-order valence-corrected chi connectivity index (χ4v) is 1.43. The monoisotopic (exact) mass is 233 g/mol. The predicted molar refractivity (Wildman–Crippen MR) is 62.4 cm³/mol. The third-order valence-electron chi connectivity index (χ3n) is 2.36. The summed E-state index contributed by atoms with van der Waals surface area (Å²) >= 11 is 0. The van der Waals surface area contributed by atoms with Crippen molar-refractivity contribution in [3.63, 3.8) is 0 Å². The second-order valence-electron chi connectivity index (χ2n) is 3.74. The van der Waals surface area contributed by atoms with Crippen LogP contribution < -0.4 is 4.74 Å². The van der Waals surface area contributed by atoms with Crippen LogP contribution in [0.1, 0.15) is 19.8 Å². The van der Waals surface area contributed by atoms with Gasteiger partial charge in [0.1, 0.15) is 5.75 Å². The molecule has 2 aromatic rings. The number of unbranched alkanes of at least 4 members (excludes halogenated alkanes) is 1. The zero-order chi connectivity index (χ0) is 12.1. The molecule has 0 saturated heterocycles. The van der Waals surface area contributed by atoms with Crippen LogP contribution >= 0.6 is 0 Å². The van der Waals surface area contributed by atoms with Crippen molar-refractivity contribution in [3.8, 4) is 17.1 Å². The zero-order valence-corrected chi connectivity index (χ0v) is 10.00. The number of ether oxygens (including phenoxy) is 1. The molecule has 90 valence electrons. The first-order chi connectivity index (χ1) is 8.31. The Hall–Kier alpha value is -1.98. The van der Waals surface area contributed by atoms with Gasteiger partial charge in [-0.15, -0.1) is 5.10 Å². The minimum atomic E-state index is 0.679. The van der Waals surface area contributed by atoms with Crippen molar-refractivity contribution in [2.45, 2.75) is 19.8 Å². The largest absolute Gasteiger partial charge is 0.492 e. The van der Waals surface area contributed by atoms with Gasteiger partial charge in [0, 0.05) is 18.8 Å². The molecule has 2 heterocycles. The van der Waals surface area contributed by atoms with E-state index in [2.05, 4.69) is 27.4 Å². The van der Waals surface area contributed by atoms with Gasteiger partial charge < -0.3 is 4.74 Å². The molecule has 0 aliphatic rings. The van der Waals surface area contributed by atoms with Crippen LogP contribution in [0.5, 0.6) is 5.75 Å². The number of nitrogens with zero attached hydrogens (tertiary/aromatic N) is 5. The van der Waals surface area contributed by atoms with Crippen molar-refractivity contribution in [1.29, 1.82) is 0 Å². The maximum atomic E-state index is 5.58. The van der Waals surface area contributed by atoms with Gasteiger partial charge in [0.25, 0.3) is 0 Å². The van der Waals surface area contributed by atoms with Crippen molar-refractivity contribution >= 4 is 0 Å². The summed E-state index contributed by atoms with van der Waals surface area (Å²) < 4.78 is 7.19. The number of aromatic nitrogens is 5. The van der Waals surface area contributed by atoms with Crippen molar-refractivity contribution in [3.05, 3.63) is 18.5 Å². The Balaban J connectivity index is 2.14. The number of hydrogen-bond donors (Lipinski definition) is 0. The normalized spacial score (nSPS) is 10.5. The van der Waals surface area contributed by atoms with Crippen molar-refractivity contribution in [2.75, 3.05) is 6.61 Å². The average Bonchev–Trinajstić information content (AvgIpc) is 2.76. The highest BCUT2D eigenvalue weighted by Gasteiger charge is 2.07. The molecule has 0 N–H and O–H groups in total. The summed E-state index contributed by atoms with van der Waals surface area (Å²) in [5.74, 6) is 1.43. The van der Waals surface area contributed by atoms with E-state index in [-0.39, 0.29) is 0 Å². The molecule has 0 saturated carbocycles. The van der Waals surface area contributed by atoms with Gasteiger partial charge in [-0.05, 0) is 22.9 Å². The van der Waals surface area contributed by atoms with Gasteiger partial charge in [0.2, 0.25) is 0 Å². The molecule has 0 aliphatic heterocycles. The Labute approximate surface area is 99.6 Å². The molecule has 0 aliphatic carbocycles. The summed E-state index contributed by atoms with van der Waals surface area (Å²) in [6.45, 7) is 2.84. The van der Waals surface area contributed by atoms with Gasteiger partial charge in [0.05, 0.1) is 12.8 Å². The van der Waals surface area contributed by atoms with Crippen LogP contribution in [-0.4, -0.2) is 31.8 Å². The summed E-state index contributed by atoms with van der Waals surface area (Å²) in [5.41, 5.74) is 0.853. The van der Waals surface area contributed by atoms with Gasteiger partial charge >= 0.3 is 0 Å². The highest BCUT2D eigenvalue weighted by molar-refractivity contribution is 5.55. The van der Waals surface area contributed by atoms with Crippen LogP contribution in [0.4, 0.5) is 0 Å². The number of tetrazole rings is 1. The van der Waals surface area contributed by atoms with E-state index in [1.54, 1.807) is 24.1 Å². The molecule has 0 spiro atoms. The lowest BCUT2D eigenvalue weighted by Gasteiger charge is -2.05. The number of aryl methyl sites for hydroxylation is 1. The zero-order valence-electron chi connectivity index (χ0n) is 10.00. The van der Waals surface area contributed by atoms with Crippen molar-refractivity contribution < 1.29 is 4.74 Å². The first kappa shape index (κ1) is 11.5. The van der Waals surface area contributed by atoms with Crippen LogP contribution in [0.25, 0.3) is 11.4 Å². The van der Waals surface area contributed by atoms with E-state index >= 15 is 0 Å². The summed E-state index contributed by atoms with van der Waals surface area (Å²) in [7, 11) is 1.79. The Morgan fingerprint density at radius 2 is 2.24 bits per heavy atom. The van der Waals surface area contributed by atoms with Crippen LogP contribution in [0.3, 0.4) is 0 Å². The maximum absolute atomic E-state index is 5.58. The molecular formula is C11H15N5O. The summed E-state index contributed by atoms with van der Waals surface area (Å²) in [5, 5.41) is 11.3. The van der Waals surface area contributed by atoms with E-state index < -0.39 is 0 Å². The Bertz CT molecular complexity index is 482. The van der Waals surface area contributed by atoms with Gasteiger partial charge in [-0.2, -0.15) is 0 Å². The summed E-state index contributed by atoms with van der Waals surface area (Å²) in [6.07, 6.45) is 5.57. The molecule has 0 atom stereocenters. The van der Waals surface area contributed by atoms with Gasteiger partial charge in [-0.3, -0.25) is 4.98 Å². The number of rotatable bonds is 5. The van der Waals surface area contributed by atoms with Crippen molar-refractivity contribution in [1.82, 2.24) is 25.2 Å². The summed E-state index contributed by atoms with van der Waals surface area (Å²) in [4.78, 5) is 4.13. The van der Waals surface area contributed by atoms with Crippen LogP contribution in [-0.2, 0) is 7.05 Å². The molecule has 2 aromatic heterocycles. The SMILES string of the molecule is CCCCOc1cncc(-c2nnnn2C)c1. The molecule has 0 bridgehead atoms. The number of hydrogen-bond acceptors (Lipinski definition) is 5. The lowest BCUT2D eigenvalue weighted by molar-refractivity contribution is 0.308.